The van der Waals surface area contributed by atoms with Crippen LogP contribution in [0.25, 0.3) is 6.08 Å². The Morgan fingerprint density at radius 3 is 2.66 bits per heavy atom. The summed E-state index contributed by atoms with van der Waals surface area (Å²) in [6, 6.07) is 10.7. The summed E-state index contributed by atoms with van der Waals surface area (Å²) in [5.41, 5.74) is 3.50. The van der Waals surface area contributed by atoms with Crippen molar-refractivity contribution in [1.82, 2.24) is 5.32 Å². The molecular weight excluding hydrogens is 392 g/mol. The van der Waals surface area contributed by atoms with E-state index in [0.29, 0.717) is 22.0 Å². The van der Waals surface area contributed by atoms with Gasteiger partial charge in [0.15, 0.2) is 18.1 Å². The van der Waals surface area contributed by atoms with Gasteiger partial charge in [0.1, 0.15) is 0 Å². The van der Waals surface area contributed by atoms with E-state index in [1.54, 1.807) is 24.3 Å². The van der Waals surface area contributed by atoms with Crippen LogP contribution in [0.4, 0.5) is 10.5 Å². The average molecular weight is 412 g/mol. The Morgan fingerprint density at radius 2 is 1.97 bits per heavy atom. The molecule has 150 valence electrons. The molecule has 1 aliphatic heterocycles. The van der Waals surface area contributed by atoms with Gasteiger partial charge in [0.2, 0.25) is 0 Å². The lowest BCUT2D eigenvalue weighted by Gasteiger charge is -2.13. The van der Waals surface area contributed by atoms with Crippen LogP contribution in [0.1, 0.15) is 16.7 Å². The predicted molar refractivity (Wildman–Crippen MR) is 112 cm³/mol. The first kappa shape index (κ1) is 20.5. The molecule has 0 spiro atoms. The van der Waals surface area contributed by atoms with Gasteiger partial charge < -0.3 is 14.8 Å². The van der Waals surface area contributed by atoms with Gasteiger partial charge in [0, 0.05) is 5.69 Å². The zero-order valence-corrected chi connectivity index (χ0v) is 17.0. The number of hydrogen-bond donors (Lipinski definition) is 2. The number of thioether (sulfide) groups is 1. The number of rotatable bonds is 6. The third-order valence-corrected chi connectivity index (χ3v) is 5.18. The molecule has 3 amide bonds. The molecule has 1 aliphatic rings. The normalized spacial score (nSPS) is 14.7. The van der Waals surface area contributed by atoms with Gasteiger partial charge in [0.05, 0.1) is 12.0 Å². The molecule has 7 nitrogen and oxygen atoms in total. The Balaban J connectivity index is 1.67. The third kappa shape index (κ3) is 4.97. The molecule has 0 unspecified atom stereocenters. The fraction of sp³-hybridized carbons (Fsp3) is 0.190. The maximum atomic E-state index is 12.2. The van der Waals surface area contributed by atoms with Gasteiger partial charge in [-0.05, 0) is 66.6 Å². The van der Waals surface area contributed by atoms with Crippen molar-refractivity contribution in [2.75, 3.05) is 19.0 Å². The number of nitrogens with one attached hydrogen (secondary N) is 2. The topological polar surface area (TPSA) is 93.7 Å². The summed E-state index contributed by atoms with van der Waals surface area (Å²) in [5.74, 6) is 0.0888. The Kier molecular flexibility index (Phi) is 6.23. The van der Waals surface area contributed by atoms with E-state index in [4.69, 9.17) is 9.47 Å². The zero-order valence-electron chi connectivity index (χ0n) is 16.2. The summed E-state index contributed by atoms with van der Waals surface area (Å²) in [6.45, 7) is 3.74. The van der Waals surface area contributed by atoms with Gasteiger partial charge in [-0.2, -0.15) is 0 Å². The number of amides is 3. The minimum atomic E-state index is -0.428. The van der Waals surface area contributed by atoms with Gasteiger partial charge in [-0.3, -0.25) is 19.7 Å². The molecule has 2 aromatic rings. The molecule has 8 heteroatoms. The molecule has 0 atom stereocenters. The molecule has 1 heterocycles. The highest BCUT2D eigenvalue weighted by Gasteiger charge is 2.25. The smallest absolute Gasteiger partial charge is 0.290 e. The number of aryl methyl sites for hydroxylation is 1. The predicted octanol–water partition coefficient (Wildman–Crippen LogP) is 3.65. The fourth-order valence-corrected chi connectivity index (χ4v) is 3.36. The summed E-state index contributed by atoms with van der Waals surface area (Å²) >= 11 is 0.840. The van der Waals surface area contributed by atoms with Crippen LogP contribution in [0.5, 0.6) is 11.5 Å². The van der Waals surface area contributed by atoms with E-state index in [9.17, 15) is 14.4 Å². The average Bonchev–Trinajstić information content (AvgIpc) is 3.01. The lowest BCUT2D eigenvalue weighted by molar-refractivity contribution is -0.118. The minimum absolute atomic E-state index is 0.184. The lowest BCUT2D eigenvalue weighted by Crippen LogP contribution is -2.21. The number of ether oxygens (including phenoxy) is 2. The second kappa shape index (κ2) is 8.83. The van der Waals surface area contributed by atoms with Gasteiger partial charge in [-0.25, -0.2) is 0 Å². The van der Waals surface area contributed by atoms with Crippen LogP contribution in [0.2, 0.25) is 0 Å². The van der Waals surface area contributed by atoms with Crippen LogP contribution in [-0.4, -0.2) is 30.8 Å². The molecule has 2 N–H and O–H groups in total. The van der Waals surface area contributed by atoms with Crippen molar-refractivity contribution in [2.45, 2.75) is 13.8 Å². The number of carbonyl (C=O) groups is 3. The largest absolute Gasteiger partial charge is 0.493 e. The van der Waals surface area contributed by atoms with Gasteiger partial charge in [-0.1, -0.05) is 18.2 Å². The number of imide groups is 1. The van der Waals surface area contributed by atoms with E-state index in [0.717, 1.165) is 28.6 Å². The monoisotopic (exact) mass is 412 g/mol. The van der Waals surface area contributed by atoms with Crippen LogP contribution in [0, 0.1) is 13.8 Å². The van der Waals surface area contributed by atoms with Crippen molar-refractivity contribution in [1.29, 1.82) is 0 Å². The van der Waals surface area contributed by atoms with Crippen LogP contribution in [-0.2, 0) is 9.59 Å². The highest BCUT2D eigenvalue weighted by molar-refractivity contribution is 8.18. The Labute approximate surface area is 172 Å². The third-order valence-electron chi connectivity index (χ3n) is 4.36. The van der Waals surface area contributed by atoms with Gasteiger partial charge >= 0.3 is 0 Å². The number of methoxy groups -OCH3 is 1. The van der Waals surface area contributed by atoms with Gasteiger partial charge in [0.25, 0.3) is 17.1 Å². The van der Waals surface area contributed by atoms with Crippen molar-refractivity contribution >= 4 is 40.6 Å². The molecule has 0 saturated carbocycles. The first-order chi connectivity index (χ1) is 13.9. The summed E-state index contributed by atoms with van der Waals surface area (Å²) in [7, 11) is 1.48. The quantitative estimate of drug-likeness (QED) is 0.704. The molecule has 0 aromatic heterocycles. The Bertz CT molecular complexity index is 1020. The number of anilines is 1. The minimum Gasteiger partial charge on any atom is -0.493 e. The van der Waals surface area contributed by atoms with Crippen molar-refractivity contribution in [2.24, 2.45) is 0 Å². The zero-order chi connectivity index (χ0) is 21.0. The molecule has 1 saturated heterocycles. The molecule has 29 heavy (non-hydrogen) atoms. The number of benzene rings is 2. The highest BCUT2D eigenvalue weighted by atomic mass is 32.2. The first-order valence-corrected chi connectivity index (χ1v) is 9.61. The van der Waals surface area contributed by atoms with Crippen LogP contribution < -0.4 is 20.1 Å². The van der Waals surface area contributed by atoms with Gasteiger partial charge in [-0.15, -0.1) is 0 Å². The van der Waals surface area contributed by atoms with E-state index < -0.39 is 11.1 Å². The van der Waals surface area contributed by atoms with E-state index in [-0.39, 0.29) is 12.5 Å². The van der Waals surface area contributed by atoms with Crippen molar-refractivity contribution in [3.05, 3.63) is 58.0 Å². The maximum Gasteiger partial charge on any atom is 0.290 e. The Hall–Kier alpha value is -3.26. The van der Waals surface area contributed by atoms with E-state index in [2.05, 4.69) is 10.6 Å². The first-order valence-electron chi connectivity index (χ1n) is 8.79. The lowest BCUT2D eigenvalue weighted by atomic mass is 10.1. The molecule has 0 radical (unpaired) electrons. The highest BCUT2D eigenvalue weighted by Crippen LogP contribution is 2.31. The molecule has 0 bridgehead atoms. The molecular formula is C21H20N2O5S. The van der Waals surface area contributed by atoms with Crippen molar-refractivity contribution in [3.8, 4) is 11.5 Å². The number of carbonyl (C=O) groups excluding carboxylic acids is 3. The maximum absolute atomic E-state index is 12.2. The van der Waals surface area contributed by atoms with E-state index in [1.165, 1.54) is 7.11 Å². The summed E-state index contributed by atoms with van der Waals surface area (Å²) < 4.78 is 10.9. The Morgan fingerprint density at radius 1 is 1.17 bits per heavy atom. The second-order valence-corrected chi connectivity index (χ2v) is 7.36. The molecule has 1 fully saturated rings. The second-order valence-electron chi connectivity index (χ2n) is 6.35. The van der Waals surface area contributed by atoms with Crippen LogP contribution in [0.3, 0.4) is 0 Å². The van der Waals surface area contributed by atoms with E-state index >= 15 is 0 Å². The standard InChI is InChI=1S/C21H20N2O5S/c1-12-5-4-6-15(13(12)2)22-19(24)11-28-16-8-7-14(9-17(16)27-3)10-18-20(25)23-21(26)29-18/h4-10H,11H2,1-3H3,(H,22,24)(H,23,25,26)/b18-10-. The fourth-order valence-electron chi connectivity index (χ4n) is 2.68. The van der Waals surface area contributed by atoms with Crippen molar-refractivity contribution < 1.29 is 23.9 Å². The molecule has 0 aliphatic carbocycles. The summed E-state index contributed by atoms with van der Waals surface area (Å²) in [6.07, 6.45) is 1.59. The van der Waals surface area contributed by atoms with Crippen LogP contribution >= 0.6 is 11.8 Å². The number of hydrogen-bond acceptors (Lipinski definition) is 6. The summed E-state index contributed by atoms with van der Waals surface area (Å²) in [5, 5.41) is 4.64. The molecule has 3 rings (SSSR count). The molecule has 2 aromatic carbocycles. The van der Waals surface area contributed by atoms with E-state index in [1.807, 2.05) is 32.0 Å². The van der Waals surface area contributed by atoms with Crippen LogP contribution in [0.15, 0.2) is 41.3 Å². The van der Waals surface area contributed by atoms with Crippen molar-refractivity contribution in [3.63, 3.8) is 0 Å². The summed E-state index contributed by atoms with van der Waals surface area (Å²) in [4.78, 5) is 35.5. The SMILES string of the molecule is COc1cc(/C=C2\SC(=O)NC2=O)ccc1OCC(=O)Nc1cccc(C)c1C.